The minimum absolute atomic E-state index is 0.172. The fourth-order valence-electron chi connectivity index (χ4n) is 2.60. The average molecular weight is 307 g/mol. The molecule has 0 unspecified atom stereocenters. The zero-order chi connectivity index (χ0) is 15.9. The number of rotatable bonds is 6. The highest BCUT2D eigenvalue weighted by molar-refractivity contribution is 5.78. The zero-order valence-electron chi connectivity index (χ0n) is 13.6. The summed E-state index contributed by atoms with van der Waals surface area (Å²) in [6, 6.07) is 5.71. The van der Waals surface area contributed by atoms with Crippen molar-refractivity contribution in [3.05, 3.63) is 23.8 Å². The standard InChI is InChI=1S/C16H25N3O3/c1-18(12-16(20)19-8-6-17-7-9-19)11-13-10-14(21-2)4-5-15(13)22-3/h4-5,10,17H,6-9,11-12H2,1-3H3. The van der Waals surface area contributed by atoms with E-state index in [1.54, 1.807) is 14.2 Å². The van der Waals surface area contributed by atoms with Gasteiger partial charge in [-0.3, -0.25) is 9.69 Å². The minimum atomic E-state index is 0.172. The Morgan fingerprint density at radius 3 is 2.64 bits per heavy atom. The summed E-state index contributed by atoms with van der Waals surface area (Å²) in [5.74, 6) is 1.77. The van der Waals surface area contributed by atoms with Gasteiger partial charge < -0.3 is 19.7 Å². The van der Waals surface area contributed by atoms with Crippen molar-refractivity contribution in [2.24, 2.45) is 0 Å². The highest BCUT2D eigenvalue weighted by Crippen LogP contribution is 2.24. The molecule has 0 atom stereocenters. The average Bonchev–Trinajstić information content (AvgIpc) is 2.55. The summed E-state index contributed by atoms with van der Waals surface area (Å²) in [6.07, 6.45) is 0. The number of likely N-dealkylation sites (N-methyl/N-ethyl adjacent to an activating group) is 1. The van der Waals surface area contributed by atoms with Gasteiger partial charge in [0.1, 0.15) is 11.5 Å². The van der Waals surface area contributed by atoms with Crippen molar-refractivity contribution in [3.63, 3.8) is 0 Å². The van der Waals surface area contributed by atoms with Crippen LogP contribution in [0.5, 0.6) is 11.5 Å². The third-order valence-corrected chi connectivity index (χ3v) is 3.80. The maximum Gasteiger partial charge on any atom is 0.236 e. The molecule has 1 amide bonds. The molecule has 0 bridgehead atoms. The Labute approximate surface area is 132 Å². The van der Waals surface area contributed by atoms with E-state index in [1.807, 2.05) is 35.0 Å². The summed E-state index contributed by atoms with van der Waals surface area (Å²) >= 11 is 0. The Kier molecular flexibility index (Phi) is 6.03. The first-order valence-corrected chi connectivity index (χ1v) is 7.52. The van der Waals surface area contributed by atoms with Crippen molar-refractivity contribution in [1.29, 1.82) is 0 Å². The van der Waals surface area contributed by atoms with Gasteiger partial charge in [0.05, 0.1) is 20.8 Å². The summed E-state index contributed by atoms with van der Waals surface area (Å²) in [5.41, 5.74) is 1.01. The number of hydrogen-bond donors (Lipinski definition) is 1. The van der Waals surface area contributed by atoms with E-state index in [9.17, 15) is 4.79 Å². The quantitative estimate of drug-likeness (QED) is 0.833. The van der Waals surface area contributed by atoms with Crippen molar-refractivity contribution in [3.8, 4) is 11.5 Å². The van der Waals surface area contributed by atoms with Gasteiger partial charge in [0.15, 0.2) is 0 Å². The molecule has 22 heavy (non-hydrogen) atoms. The summed E-state index contributed by atoms with van der Waals surface area (Å²) in [4.78, 5) is 16.2. The lowest BCUT2D eigenvalue weighted by Gasteiger charge is -2.29. The molecule has 1 aliphatic rings. The van der Waals surface area contributed by atoms with Crippen LogP contribution < -0.4 is 14.8 Å². The third-order valence-electron chi connectivity index (χ3n) is 3.80. The Morgan fingerprint density at radius 2 is 2.00 bits per heavy atom. The number of benzene rings is 1. The second-order valence-corrected chi connectivity index (χ2v) is 5.48. The summed E-state index contributed by atoms with van der Waals surface area (Å²) < 4.78 is 10.6. The van der Waals surface area contributed by atoms with Crippen LogP contribution in [0.3, 0.4) is 0 Å². The zero-order valence-corrected chi connectivity index (χ0v) is 13.6. The van der Waals surface area contributed by atoms with Crippen LogP contribution in [0.4, 0.5) is 0 Å². The maximum absolute atomic E-state index is 12.3. The summed E-state index contributed by atoms with van der Waals surface area (Å²) in [7, 11) is 5.24. The predicted octanol–water partition coefficient (Wildman–Crippen LogP) is 0.567. The molecule has 1 N–H and O–H groups in total. The monoisotopic (exact) mass is 307 g/mol. The Morgan fingerprint density at radius 1 is 1.27 bits per heavy atom. The molecule has 0 aromatic heterocycles. The van der Waals surface area contributed by atoms with Gasteiger partial charge in [-0.05, 0) is 25.2 Å². The SMILES string of the molecule is COc1ccc(OC)c(CN(C)CC(=O)N2CCNCC2)c1. The molecule has 2 rings (SSSR count). The highest BCUT2D eigenvalue weighted by atomic mass is 16.5. The van der Waals surface area contributed by atoms with E-state index < -0.39 is 0 Å². The largest absolute Gasteiger partial charge is 0.497 e. The summed E-state index contributed by atoms with van der Waals surface area (Å²) in [5, 5.41) is 3.25. The fraction of sp³-hybridized carbons (Fsp3) is 0.562. The predicted molar refractivity (Wildman–Crippen MR) is 85.3 cm³/mol. The van der Waals surface area contributed by atoms with E-state index in [-0.39, 0.29) is 5.91 Å². The molecule has 1 fully saturated rings. The van der Waals surface area contributed by atoms with Gasteiger partial charge in [0.2, 0.25) is 5.91 Å². The van der Waals surface area contributed by atoms with Crippen molar-refractivity contribution < 1.29 is 14.3 Å². The van der Waals surface area contributed by atoms with Crippen molar-refractivity contribution >= 4 is 5.91 Å². The van der Waals surface area contributed by atoms with Gasteiger partial charge in [0, 0.05) is 38.3 Å². The molecule has 6 nitrogen and oxygen atoms in total. The van der Waals surface area contributed by atoms with Crippen molar-refractivity contribution in [2.45, 2.75) is 6.54 Å². The molecular formula is C16H25N3O3. The van der Waals surface area contributed by atoms with Crippen molar-refractivity contribution in [2.75, 3.05) is 54.0 Å². The molecule has 1 heterocycles. The van der Waals surface area contributed by atoms with Gasteiger partial charge in [-0.2, -0.15) is 0 Å². The molecular weight excluding hydrogens is 282 g/mol. The molecule has 0 aliphatic carbocycles. The first-order valence-electron chi connectivity index (χ1n) is 7.52. The molecule has 0 saturated carbocycles. The van der Waals surface area contributed by atoms with Gasteiger partial charge >= 0.3 is 0 Å². The number of amides is 1. The van der Waals surface area contributed by atoms with Crippen LogP contribution in [0.1, 0.15) is 5.56 Å². The lowest BCUT2D eigenvalue weighted by atomic mass is 10.1. The topological polar surface area (TPSA) is 54.0 Å². The lowest BCUT2D eigenvalue weighted by molar-refractivity contribution is -0.132. The normalized spacial score (nSPS) is 15.0. The molecule has 122 valence electrons. The second-order valence-electron chi connectivity index (χ2n) is 5.48. The number of nitrogens with zero attached hydrogens (tertiary/aromatic N) is 2. The second kappa shape index (κ2) is 8.00. The molecule has 1 aromatic rings. The number of carbonyl (C=O) groups excluding carboxylic acids is 1. The van der Waals surface area contributed by atoms with Crippen LogP contribution in [0.15, 0.2) is 18.2 Å². The Balaban J connectivity index is 1.95. The number of ether oxygens (including phenoxy) is 2. The van der Waals surface area contributed by atoms with E-state index >= 15 is 0 Å². The lowest BCUT2D eigenvalue weighted by Crippen LogP contribution is -2.49. The fourth-order valence-corrected chi connectivity index (χ4v) is 2.60. The number of carbonyl (C=O) groups is 1. The van der Waals surface area contributed by atoms with Crippen LogP contribution in [-0.2, 0) is 11.3 Å². The number of hydrogen-bond acceptors (Lipinski definition) is 5. The Bertz CT molecular complexity index is 501. The minimum Gasteiger partial charge on any atom is -0.497 e. The van der Waals surface area contributed by atoms with Gasteiger partial charge in [0.25, 0.3) is 0 Å². The van der Waals surface area contributed by atoms with E-state index in [4.69, 9.17) is 9.47 Å². The molecule has 6 heteroatoms. The maximum atomic E-state index is 12.3. The van der Waals surface area contributed by atoms with Crippen LogP contribution in [0, 0.1) is 0 Å². The van der Waals surface area contributed by atoms with Crippen LogP contribution in [0.25, 0.3) is 0 Å². The number of piperazine rings is 1. The molecule has 1 aliphatic heterocycles. The number of methoxy groups -OCH3 is 2. The van der Waals surface area contributed by atoms with Gasteiger partial charge in [-0.15, -0.1) is 0 Å². The summed E-state index contributed by atoms with van der Waals surface area (Å²) in [6.45, 7) is 4.36. The Hall–Kier alpha value is -1.79. The molecule has 0 radical (unpaired) electrons. The molecule has 0 spiro atoms. The number of nitrogens with one attached hydrogen (secondary N) is 1. The molecule has 1 aromatic carbocycles. The van der Waals surface area contributed by atoms with E-state index in [0.29, 0.717) is 13.1 Å². The highest BCUT2D eigenvalue weighted by Gasteiger charge is 2.18. The van der Waals surface area contributed by atoms with Gasteiger partial charge in [-0.25, -0.2) is 0 Å². The van der Waals surface area contributed by atoms with Crippen LogP contribution in [0.2, 0.25) is 0 Å². The van der Waals surface area contributed by atoms with Crippen LogP contribution in [-0.4, -0.2) is 69.7 Å². The van der Waals surface area contributed by atoms with Gasteiger partial charge in [-0.1, -0.05) is 0 Å². The third kappa shape index (κ3) is 4.35. The van der Waals surface area contributed by atoms with Crippen molar-refractivity contribution in [1.82, 2.24) is 15.1 Å². The van der Waals surface area contributed by atoms with E-state index in [0.717, 1.165) is 43.2 Å². The first kappa shape index (κ1) is 16.6. The van der Waals surface area contributed by atoms with E-state index in [2.05, 4.69) is 5.32 Å². The molecule has 1 saturated heterocycles. The van der Waals surface area contributed by atoms with Crippen LogP contribution >= 0.6 is 0 Å². The smallest absolute Gasteiger partial charge is 0.236 e. The van der Waals surface area contributed by atoms with E-state index in [1.165, 1.54) is 0 Å². The first-order chi connectivity index (χ1) is 10.6.